The highest BCUT2D eigenvalue weighted by Gasteiger charge is 2.78. The van der Waals surface area contributed by atoms with Gasteiger partial charge in [0, 0.05) is 43.2 Å². The van der Waals surface area contributed by atoms with Crippen molar-refractivity contribution < 1.29 is 0 Å². The average Bonchev–Trinajstić information content (AvgIpc) is 4.27. The van der Waals surface area contributed by atoms with E-state index in [0.717, 1.165) is 35.5 Å². The zero-order valence-electron chi connectivity index (χ0n) is 40.5. The normalized spacial score (nSPS) is 32.6. The number of nitrogens with zero attached hydrogens (tertiary/aromatic N) is 2. The number of hydrogen-bond acceptors (Lipinski definition) is 2. The van der Waals surface area contributed by atoms with E-state index in [9.17, 15) is 0 Å². The van der Waals surface area contributed by atoms with Crippen molar-refractivity contribution >= 4 is 82.5 Å². The minimum absolute atomic E-state index is 0.0199. The molecule has 20 rings (SSSR count). The van der Waals surface area contributed by atoms with Gasteiger partial charge in [-0.1, -0.05) is 115 Å². The van der Waals surface area contributed by atoms with Crippen LogP contribution >= 0.6 is 11.3 Å². The van der Waals surface area contributed by atoms with Crippen molar-refractivity contribution in [2.24, 2.45) is 46.3 Å². The van der Waals surface area contributed by atoms with Gasteiger partial charge in [0.05, 0.1) is 21.4 Å². The lowest BCUT2D eigenvalue weighted by Gasteiger charge is -2.66. The summed E-state index contributed by atoms with van der Waals surface area (Å²) < 4.78 is 5.54. The van der Waals surface area contributed by atoms with Crippen LogP contribution in [0.5, 0.6) is 0 Å². The minimum atomic E-state index is -0.0199. The van der Waals surface area contributed by atoms with E-state index in [1.54, 1.807) is 11.1 Å². The molecule has 8 saturated carbocycles. The fraction of sp³-hybridized carbons (Fsp3) is 0.294. The van der Waals surface area contributed by atoms with Gasteiger partial charge in [-0.25, -0.2) is 0 Å². The van der Waals surface area contributed by atoms with Crippen LogP contribution < -0.4 is 15.7 Å². The van der Waals surface area contributed by atoms with Gasteiger partial charge >= 0.3 is 6.85 Å². The molecule has 8 fully saturated rings. The lowest BCUT2D eigenvalue weighted by molar-refractivity contribution is -0.175. The average molecular weight is 941 g/mol. The third kappa shape index (κ3) is 4.17. The van der Waals surface area contributed by atoms with E-state index >= 15 is 0 Å². The van der Waals surface area contributed by atoms with E-state index in [1.807, 2.05) is 11.3 Å². The Hall–Kier alpha value is -6.36. The molecule has 8 aromatic carbocycles. The molecule has 2 nitrogen and oxygen atoms in total. The molecule has 344 valence electrons. The van der Waals surface area contributed by atoms with Gasteiger partial charge in [0.1, 0.15) is 0 Å². The summed E-state index contributed by atoms with van der Waals surface area (Å²) >= 11 is 1.99. The van der Waals surface area contributed by atoms with Crippen molar-refractivity contribution in [3.63, 3.8) is 0 Å². The van der Waals surface area contributed by atoms with Gasteiger partial charge in [-0.15, -0.1) is 11.3 Å². The Balaban J connectivity index is 0.911. The van der Waals surface area contributed by atoms with Gasteiger partial charge < -0.3 is 9.38 Å². The Kier molecular flexibility index (Phi) is 6.56. The van der Waals surface area contributed by atoms with Gasteiger partial charge in [0.15, 0.2) is 0 Å². The predicted molar refractivity (Wildman–Crippen MR) is 299 cm³/mol. The zero-order valence-corrected chi connectivity index (χ0v) is 41.3. The highest BCUT2D eigenvalue weighted by molar-refractivity contribution is 7.26. The van der Waals surface area contributed by atoms with E-state index < -0.39 is 0 Å². The molecule has 8 aliphatic carbocycles. The van der Waals surface area contributed by atoms with Crippen LogP contribution in [0.15, 0.2) is 164 Å². The molecule has 10 aliphatic rings. The molecule has 4 atom stereocenters. The molecular formula is C68H53BN2S. The highest BCUT2D eigenvalue weighted by Crippen LogP contribution is 2.85. The van der Waals surface area contributed by atoms with Crippen LogP contribution in [0, 0.1) is 46.3 Å². The Morgan fingerprint density at radius 2 is 1.10 bits per heavy atom. The fourth-order valence-corrected chi connectivity index (χ4v) is 22.0. The van der Waals surface area contributed by atoms with Gasteiger partial charge in [-0.05, 0) is 220 Å². The Labute approximate surface area is 424 Å². The first-order chi connectivity index (χ1) is 35.5. The second-order valence-electron chi connectivity index (χ2n) is 25.6. The maximum absolute atomic E-state index is 2.85. The van der Waals surface area contributed by atoms with Gasteiger partial charge in [-0.2, -0.15) is 0 Å². The van der Waals surface area contributed by atoms with Crippen LogP contribution in [0.1, 0.15) is 75.3 Å². The molecule has 0 saturated heterocycles. The summed E-state index contributed by atoms with van der Waals surface area (Å²) in [6, 6.07) is 64.9. The summed E-state index contributed by atoms with van der Waals surface area (Å²) in [5.74, 6) is 5.81. The molecule has 0 N–H and O–H groups in total. The molecule has 72 heavy (non-hydrogen) atoms. The maximum atomic E-state index is 2.85. The number of anilines is 2. The van der Waals surface area contributed by atoms with Crippen molar-refractivity contribution in [1.82, 2.24) is 4.57 Å². The highest BCUT2D eigenvalue weighted by atomic mass is 32.1. The minimum Gasteiger partial charge on any atom is -0.375 e. The summed E-state index contributed by atoms with van der Waals surface area (Å²) in [7, 11) is 0. The second-order valence-corrected chi connectivity index (χ2v) is 26.6. The van der Waals surface area contributed by atoms with Crippen LogP contribution in [0.3, 0.4) is 0 Å². The Bertz CT molecular complexity index is 4110. The van der Waals surface area contributed by atoms with Crippen LogP contribution in [-0.4, -0.2) is 11.4 Å². The van der Waals surface area contributed by atoms with Gasteiger partial charge in [0.2, 0.25) is 0 Å². The monoisotopic (exact) mass is 940 g/mol. The molecule has 2 aliphatic heterocycles. The first kappa shape index (κ1) is 38.3. The van der Waals surface area contributed by atoms with E-state index in [2.05, 4.69) is 173 Å². The molecular weight excluding hydrogens is 888 g/mol. The number of benzene rings is 8. The number of thiophene rings is 1. The maximum Gasteiger partial charge on any atom is 0.333 e. The van der Waals surface area contributed by atoms with E-state index in [-0.39, 0.29) is 12.3 Å². The lowest BCUT2D eigenvalue weighted by atomic mass is 9.38. The van der Waals surface area contributed by atoms with E-state index in [1.165, 1.54) is 168 Å². The number of rotatable bonds is 5. The smallest absolute Gasteiger partial charge is 0.333 e. The molecule has 4 unspecified atom stereocenters. The standard InChI is InChI=1S/C68H53BN2S/c1-3-9-38(10-4-1)40-15-18-50(19-16-40)71-63-52(20-21-53-51-13-7-8-14-60(51)72-64(53)63)55-23-41(39-11-5-2-6-12-39)24-59-61(55)69(71)57-31-43(66-34-48-27-45-28-49(35-66)68(45,48)37-66)30-56-54-29-42(17-22-58(54)70(59)62(56)57)65-32-46-25-44-26-47(33-65)67(44,46)36-65/h1-24,29-31,44-49H,25-28,32-37H2. The van der Waals surface area contributed by atoms with Crippen molar-refractivity contribution in [2.75, 3.05) is 4.81 Å². The van der Waals surface area contributed by atoms with Crippen LogP contribution in [0.25, 0.3) is 81.0 Å². The summed E-state index contributed by atoms with van der Waals surface area (Å²) in [4.78, 5) is 2.85. The van der Waals surface area contributed by atoms with Crippen molar-refractivity contribution in [1.29, 1.82) is 0 Å². The molecule has 0 amide bonds. The Morgan fingerprint density at radius 1 is 0.472 bits per heavy atom. The van der Waals surface area contributed by atoms with Gasteiger partial charge in [-0.3, -0.25) is 0 Å². The zero-order chi connectivity index (χ0) is 46.2. The predicted octanol–water partition coefficient (Wildman–Crippen LogP) is 15.9. The molecule has 4 bridgehead atoms. The van der Waals surface area contributed by atoms with Crippen LogP contribution in [-0.2, 0) is 10.8 Å². The molecule has 0 radical (unpaired) electrons. The third-order valence-corrected chi connectivity index (χ3v) is 24.6. The summed E-state index contributed by atoms with van der Waals surface area (Å²) in [6.45, 7) is -0.0199. The fourth-order valence-electron chi connectivity index (χ4n) is 20.7. The van der Waals surface area contributed by atoms with E-state index in [0.29, 0.717) is 16.2 Å². The largest absolute Gasteiger partial charge is 0.375 e. The van der Waals surface area contributed by atoms with Crippen molar-refractivity contribution in [3.8, 4) is 39.1 Å². The molecule has 10 aromatic rings. The van der Waals surface area contributed by atoms with Crippen molar-refractivity contribution in [3.05, 3.63) is 175 Å². The van der Waals surface area contributed by atoms with Gasteiger partial charge in [0.25, 0.3) is 0 Å². The number of aromatic nitrogens is 1. The molecule has 2 spiro atoms. The molecule has 2 aromatic heterocycles. The lowest BCUT2D eigenvalue weighted by Crippen LogP contribution is -2.61. The first-order valence-electron chi connectivity index (χ1n) is 27.7. The topological polar surface area (TPSA) is 8.17 Å². The SMILES string of the molecule is c1ccc(-c2ccc(N3B4c5c(cc(-c6ccccc6)cc5-n5c6ccc(C78CC9CC%10CC(C7)C%109C8)cc6c6cc(C78CC9CC%10CC(C7)C%109C8)cc4c65)-c4ccc5c(sc6ccccc65)c43)cc2)cc1. The first-order valence-corrected chi connectivity index (χ1v) is 28.6. The Morgan fingerprint density at radius 3 is 1.78 bits per heavy atom. The molecule has 4 heteroatoms. The van der Waals surface area contributed by atoms with E-state index in [4.69, 9.17) is 0 Å². The molecule has 4 heterocycles. The quantitative estimate of drug-likeness (QED) is 0.156. The number of hydrogen-bond donors (Lipinski definition) is 0. The van der Waals surface area contributed by atoms with Crippen LogP contribution in [0.2, 0.25) is 0 Å². The third-order valence-electron chi connectivity index (χ3n) is 23.4. The summed E-state index contributed by atoms with van der Waals surface area (Å²) in [5.41, 5.74) is 22.9. The number of fused-ring (bicyclic) bond motifs is 13. The summed E-state index contributed by atoms with van der Waals surface area (Å²) in [5, 5.41) is 5.73. The van der Waals surface area contributed by atoms with Crippen molar-refractivity contribution in [2.45, 2.75) is 75.0 Å². The summed E-state index contributed by atoms with van der Waals surface area (Å²) in [6.07, 6.45) is 14.5. The van der Waals surface area contributed by atoms with Crippen LogP contribution in [0.4, 0.5) is 11.4 Å². The second kappa shape index (κ2) is 12.3.